The molecule has 0 saturated carbocycles. The Labute approximate surface area is 125 Å². The smallest absolute Gasteiger partial charge is 0.360 e. The molecule has 0 radical (unpaired) electrons. The number of rotatable bonds is 3. The number of carboxylic acids is 1. The zero-order valence-electron chi connectivity index (χ0n) is 10.6. The second kappa shape index (κ2) is 5.44. The number of benzene rings is 1. The van der Waals surface area contributed by atoms with Crippen LogP contribution in [0.2, 0.25) is 0 Å². The number of carboxylic acid groups (broad SMARTS) is 1. The Kier molecular flexibility index (Phi) is 3.85. The predicted molar refractivity (Wildman–Crippen MR) is 75.9 cm³/mol. The van der Waals surface area contributed by atoms with E-state index in [-0.39, 0.29) is 11.4 Å². The molecule has 1 aromatic heterocycles. The summed E-state index contributed by atoms with van der Waals surface area (Å²) >= 11 is 3.24. The van der Waals surface area contributed by atoms with Gasteiger partial charge >= 0.3 is 5.97 Å². The molecule has 8 nitrogen and oxygen atoms in total. The van der Waals surface area contributed by atoms with Crippen molar-refractivity contribution in [3.05, 3.63) is 60.5 Å². The van der Waals surface area contributed by atoms with E-state index in [9.17, 15) is 19.7 Å². The lowest BCUT2D eigenvalue weighted by Gasteiger charge is -2.09. The topological polar surface area (TPSA) is 115 Å². The van der Waals surface area contributed by atoms with E-state index in [0.29, 0.717) is 10.0 Å². The third kappa shape index (κ3) is 2.82. The lowest BCUT2D eigenvalue weighted by Crippen LogP contribution is -2.20. The van der Waals surface area contributed by atoms with E-state index in [4.69, 9.17) is 5.11 Å². The molecule has 1 heterocycles. The molecular weight excluding hydrogens is 346 g/mol. The van der Waals surface area contributed by atoms with Gasteiger partial charge in [0.05, 0.1) is 10.6 Å². The maximum atomic E-state index is 11.4. The summed E-state index contributed by atoms with van der Waals surface area (Å²) in [6.07, 6.45) is 1.24. The summed E-state index contributed by atoms with van der Waals surface area (Å²) in [5.74, 6) is -1.47. The Balaban J connectivity index is 2.70. The first-order valence-electron chi connectivity index (χ1n) is 5.59. The molecule has 21 heavy (non-hydrogen) atoms. The first-order chi connectivity index (χ1) is 9.81. The second-order valence-electron chi connectivity index (χ2n) is 4.13. The van der Waals surface area contributed by atoms with Gasteiger partial charge < -0.3 is 5.11 Å². The lowest BCUT2D eigenvalue weighted by molar-refractivity contribution is -0.385. The van der Waals surface area contributed by atoms with Crippen LogP contribution in [0.3, 0.4) is 0 Å². The van der Waals surface area contributed by atoms with Gasteiger partial charge in [-0.25, -0.2) is 9.48 Å². The molecule has 1 aromatic carbocycles. The van der Waals surface area contributed by atoms with Crippen LogP contribution in [-0.2, 0) is 0 Å². The summed E-state index contributed by atoms with van der Waals surface area (Å²) in [6.45, 7) is 1.58. The second-order valence-corrected chi connectivity index (χ2v) is 4.98. The highest BCUT2D eigenvalue weighted by Gasteiger charge is 2.17. The van der Waals surface area contributed by atoms with Crippen molar-refractivity contribution in [2.24, 2.45) is 0 Å². The molecule has 0 bridgehead atoms. The zero-order valence-corrected chi connectivity index (χ0v) is 12.2. The molecule has 0 amide bonds. The van der Waals surface area contributed by atoms with Gasteiger partial charge in [-0.2, -0.15) is 5.10 Å². The fraction of sp³-hybridized carbons (Fsp3) is 0.0833. The number of aromatic nitrogens is 2. The highest BCUT2D eigenvalue weighted by atomic mass is 79.9. The van der Waals surface area contributed by atoms with Gasteiger partial charge in [0.15, 0.2) is 0 Å². The summed E-state index contributed by atoms with van der Waals surface area (Å²) < 4.78 is 1.58. The number of carbonyl (C=O) groups is 1. The van der Waals surface area contributed by atoms with Gasteiger partial charge in [0, 0.05) is 28.4 Å². The lowest BCUT2D eigenvalue weighted by atomic mass is 10.2. The van der Waals surface area contributed by atoms with Crippen molar-refractivity contribution >= 4 is 27.6 Å². The maximum Gasteiger partial charge on any atom is 0.360 e. The van der Waals surface area contributed by atoms with Gasteiger partial charge in [0.1, 0.15) is 0 Å². The van der Waals surface area contributed by atoms with Gasteiger partial charge in [0.2, 0.25) is 11.1 Å². The van der Waals surface area contributed by atoms with Crippen LogP contribution in [-0.4, -0.2) is 25.8 Å². The summed E-state index contributed by atoms with van der Waals surface area (Å²) in [5.41, 5.74) is -0.834. The molecule has 1 N–H and O–H groups in total. The maximum absolute atomic E-state index is 11.4. The molecule has 0 aliphatic carbocycles. The Bertz CT molecular complexity index is 815. The van der Waals surface area contributed by atoms with Crippen molar-refractivity contribution in [3.8, 4) is 5.69 Å². The molecule has 0 aliphatic heterocycles. The van der Waals surface area contributed by atoms with Crippen LogP contribution in [0.1, 0.15) is 16.1 Å². The quantitative estimate of drug-likeness (QED) is 0.665. The number of hydrogen-bond donors (Lipinski definition) is 1. The molecule has 9 heteroatoms. The Morgan fingerprint density at radius 3 is 2.71 bits per heavy atom. The third-order valence-corrected chi connectivity index (χ3v) is 3.35. The Morgan fingerprint density at radius 2 is 2.14 bits per heavy atom. The number of hydrogen-bond acceptors (Lipinski definition) is 5. The molecule has 0 aliphatic rings. The molecule has 0 unspecified atom stereocenters. The fourth-order valence-corrected chi connectivity index (χ4v) is 2.35. The zero-order chi connectivity index (χ0) is 15.7. The van der Waals surface area contributed by atoms with Gasteiger partial charge in [0.25, 0.3) is 5.69 Å². The molecule has 0 atom stereocenters. The van der Waals surface area contributed by atoms with Crippen LogP contribution in [0.15, 0.2) is 33.7 Å². The SMILES string of the molecule is Cc1cc(Br)c(-n2ccc(=O)c(C(=O)O)n2)cc1[N+](=O)[O-]. The normalized spacial score (nSPS) is 10.4. The largest absolute Gasteiger partial charge is 0.476 e. The van der Waals surface area contributed by atoms with Crippen molar-refractivity contribution < 1.29 is 14.8 Å². The van der Waals surface area contributed by atoms with Crippen LogP contribution in [0.4, 0.5) is 5.69 Å². The monoisotopic (exact) mass is 353 g/mol. The number of halogens is 1. The Hall–Kier alpha value is -2.55. The van der Waals surface area contributed by atoms with Gasteiger partial charge in [-0.05, 0) is 28.9 Å². The highest BCUT2D eigenvalue weighted by molar-refractivity contribution is 9.10. The minimum absolute atomic E-state index is 0.134. The number of nitro benzene ring substituents is 1. The van der Waals surface area contributed by atoms with Crippen molar-refractivity contribution in [1.29, 1.82) is 0 Å². The standard InChI is InChI=1S/C12H8BrN3O5/c1-6-4-7(13)9(5-8(6)16(20)21)15-3-2-10(17)11(14-15)12(18)19/h2-5H,1H3,(H,18,19). The molecule has 0 fully saturated rings. The average molecular weight is 354 g/mol. The van der Waals surface area contributed by atoms with E-state index in [2.05, 4.69) is 21.0 Å². The van der Waals surface area contributed by atoms with Crippen LogP contribution < -0.4 is 5.43 Å². The predicted octanol–water partition coefficient (Wildman–Crippen LogP) is 1.91. The van der Waals surface area contributed by atoms with Crippen LogP contribution in [0.5, 0.6) is 0 Å². The number of nitro groups is 1. The van der Waals surface area contributed by atoms with Gasteiger partial charge in [-0.3, -0.25) is 14.9 Å². The van der Waals surface area contributed by atoms with Crippen LogP contribution >= 0.6 is 15.9 Å². The minimum atomic E-state index is -1.47. The fourth-order valence-electron chi connectivity index (χ4n) is 1.71. The van der Waals surface area contributed by atoms with E-state index in [0.717, 1.165) is 10.7 Å². The van der Waals surface area contributed by atoms with Crippen molar-refractivity contribution in [2.45, 2.75) is 6.92 Å². The van der Waals surface area contributed by atoms with Crippen LogP contribution in [0, 0.1) is 17.0 Å². The molecule has 0 saturated heterocycles. The van der Waals surface area contributed by atoms with E-state index in [1.165, 1.54) is 18.3 Å². The van der Waals surface area contributed by atoms with E-state index in [1.807, 2.05) is 0 Å². The number of nitrogens with zero attached hydrogens (tertiary/aromatic N) is 3. The first kappa shape index (κ1) is 14.9. The summed E-state index contributed by atoms with van der Waals surface area (Å²) in [5, 5.41) is 23.5. The molecule has 0 spiro atoms. The van der Waals surface area contributed by atoms with Crippen molar-refractivity contribution in [2.75, 3.05) is 0 Å². The summed E-state index contributed by atoms with van der Waals surface area (Å²) in [4.78, 5) is 32.7. The van der Waals surface area contributed by atoms with Gasteiger partial charge in [-0.15, -0.1) is 0 Å². The molecular formula is C12H8BrN3O5. The number of aryl methyl sites for hydroxylation is 1. The Morgan fingerprint density at radius 1 is 1.48 bits per heavy atom. The molecule has 2 aromatic rings. The van der Waals surface area contributed by atoms with Crippen molar-refractivity contribution in [3.63, 3.8) is 0 Å². The molecule has 108 valence electrons. The number of aromatic carboxylic acids is 1. The van der Waals surface area contributed by atoms with E-state index in [1.54, 1.807) is 6.92 Å². The summed E-state index contributed by atoms with van der Waals surface area (Å²) in [7, 11) is 0. The van der Waals surface area contributed by atoms with E-state index < -0.39 is 22.0 Å². The first-order valence-corrected chi connectivity index (χ1v) is 6.38. The van der Waals surface area contributed by atoms with Crippen molar-refractivity contribution in [1.82, 2.24) is 9.78 Å². The highest BCUT2D eigenvalue weighted by Crippen LogP contribution is 2.28. The average Bonchev–Trinajstić information content (AvgIpc) is 2.39. The third-order valence-electron chi connectivity index (χ3n) is 2.72. The molecule has 2 rings (SSSR count). The van der Waals surface area contributed by atoms with Gasteiger partial charge in [-0.1, -0.05) is 0 Å². The van der Waals surface area contributed by atoms with E-state index >= 15 is 0 Å². The minimum Gasteiger partial charge on any atom is -0.476 e. The van der Waals surface area contributed by atoms with Crippen LogP contribution in [0.25, 0.3) is 5.69 Å². The summed E-state index contributed by atoms with van der Waals surface area (Å²) in [6, 6.07) is 3.81.